The predicted octanol–water partition coefficient (Wildman–Crippen LogP) is 0.791. The molecule has 1 aliphatic rings. The van der Waals surface area contributed by atoms with E-state index in [1.165, 1.54) is 31.1 Å². The van der Waals surface area contributed by atoms with Crippen LogP contribution in [0.25, 0.3) is 0 Å². The number of anilines is 1. The third kappa shape index (κ3) is 4.03. The summed E-state index contributed by atoms with van der Waals surface area (Å²) in [5, 5.41) is 0. The van der Waals surface area contributed by atoms with Crippen molar-refractivity contribution >= 4 is 23.5 Å². The number of benzene rings is 1. The van der Waals surface area contributed by atoms with Crippen molar-refractivity contribution in [2.24, 2.45) is 0 Å². The highest BCUT2D eigenvalue weighted by Crippen LogP contribution is 2.31. The van der Waals surface area contributed by atoms with Crippen LogP contribution < -0.4 is 9.64 Å². The lowest BCUT2D eigenvalue weighted by molar-refractivity contribution is -0.140. The molecular weight excluding hydrogens is 356 g/mol. The fourth-order valence-electron chi connectivity index (χ4n) is 2.62. The molecule has 1 heterocycles. The quantitative estimate of drug-likeness (QED) is 0.694. The Hall–Kier alpha value is -3.07. The van der Waals surface area contributed by atoms with Gasteiger partial charge in [0.15, 0.2) is 0 Å². The van der Waals surface area contributed by atoms with Crippen LogP contribution in [0.5, 0.6) is 5.75 Å². The smallest absolute Gasteiger partial charge is 0.355 e. The molecular formula is C18H22N2O7. The van der Waals surface area contributed by atoms with E-state index < -0.39 is 11.9 Å². The molecule has 0 saturated heterocycles. The van der Waals surface area contributed by atoms with Crippen LogP contribution in [-0.2, 0) is 23.8 Å². The molecule has 0 atom stereocenters. The van der Waals surface area contributed by atoms with Crippen LogP contribution in [0.4, 0.5) is 5.69 Å². The van der Waals surface area contributed by atoms with Gasteiger partial charge in [0.25, 0.3) is 5.91 Å². The molecule has 1 aromatic carbocycles. The Kier molecular flexibility index (Phi) is 6.40. The molecule has 1 amide bonds. The molecule has 0 aromatic heterocycles. The third-order valence-corrected chi connectivity index (χ3v) is 3.96. The summed E-state index contributed by atoms with van der Waals surface area (Å²) in [5.74, 6) is -1.30. The van der Waals surface area contributed by atoms with E-state index >= 15 is 0 Å². The van der Waals surface area contributed by atoms with Gasteiger partial charge >= 0.3 is 11.9 Å². The van der Waals surface area contributed by atoms with Gasteiger partial charge in [-0.15, -0.1) is 0 Å². The van der Waals surface area contributed by atoms with Crippen molar-refractivity contribution in [2.75, 3.05) is 53.7 Å². The monoisotopic (exact) mass is 378 g/mol. The second kappa shape index (κ2) is 8.54. The SMILES string of the molecule is COC(=O)C1=C(C(=O)OC)N(c2ccc(OC)c(C(=O)N(C)C)c2)COC1. The van der Waals surface area contributed by atoms with Crippen molar-refractivity contribution in [2.45, 2.75) is 0 Å². The highest BCUT2D eigenvalue weighted by Gasteiger charge is 2.33. The van der Waals surface area contributed by atoms with Crippen LogP contribution >= 0.6 is 0 Å². The molecule has 0 fully saturated rings. The lowest BCUT2D eigenvalue weighted by Crippen LogP contribution is -2.39. The Morgan fingerprint density at radius 2 is 1.74 bits per heavy atom. The predicted molar refractivity (Wildman–Crippen MR) is 95.4 cm³/mol. The third-order valence-electron chi connectivity index (χ3n) is 3.96. The zero-order chi connectivity index (χ0) is 20.1. The first-order chi connectivity index (χ1) is 12.8. The molecule has 0 radical (unpaired) electrons. The lowest BCUT2D eigenvalue weighted by atomic mass is 10.1. The average Bonchev–Trinajstić information content (AvgIpc) is 2.70. The number of nitrogens with zero attached hydrogens (tertiary/aromatic N) is 2. The minimum absolute atomic E-state index is 0.00372. The molecule has 1 aliphatic heterocycles. The molecule has 27 heavy (non-hydrogen) atoms. The number of ether oxygens (including phenoxy) is 4. The highest BCUT2D eigenvalue weighted by molar-refractivity contribution is 6.04. The van der Waals surface area contributed by atoms with Crippen LogP contribution in [-0.4, -0.2) is 71.5 Å². The number of carbonyl (C=O) groups excluding carboxylic acids is 3. The standard InChI is InChI=1S/C18H22N2O7/c1-19(2)16(21)12-8-11(6-7-14(12)24-3)20-10-27-9-13(17(22)25-4)15(20)18(23)26-5/h6-8H,9-10H2,1-5H3. The van der Waals surface area contributed by atoms with Crippen molar-refractivity contribution in [3.8, 4) is 5.75 Å². The molecule has 146 valence electrons. The normalized spacial score (nSPS) is 13.9. The Morgan fingerprint density at radius 1 is 1.07 bits per heavy atom. The molecule has 1 aromatic rings. The van der Waals surface area contributed by atoms with Gasteiger partial charge in [0.05, 0.1) is 39.1 Å². The van der Waals surface area contributed by atoms with Gasteiger partial charge in [0.2, 0.25) is 0 Å². The van der Waals surface area contributed by atoms with E-state index in [-0.39, 0.29) is 30.5 Å². The van der Waals surface area contributed by atoms with E-state index in [1.807, 2.05) is 0 Å². The fraction of sp³-hybridized carbons (Fsp3) is 0.389. The van der Waals surface area contributed by atoms with E-state index in [1.54, 1.807) is 32.3 Å². The first-order valence-corrected chi connectivity index (χ1v) is 8.00. The number of amides is 1. The first-order valence-electron chi connectivity index (χ1n) is 8.00. The average molecular weight is 378 g/mol. The van der Waals surface area contributed by atoms with Crippen LogP contribution in [0.15, 0.2) is 29.5 Å². The molecule has 0 N–H and O–H groups in total. The number of hydrogen-bond acceptors (Lipinski definition) is 8. The van der Waals surface area contributed by atoms with Gasteiger partial charge in [-0.25, -0.2) is 9.59 Å². The zero-order valence-corrected chi connectivity index (χ0v) is 15.9. The van der Waals surface area contributed by atoms with E-state index in [0.717, 1.165) is 0 Å². The topological polar surface area (TPSA) is 94.6 Å². The second-order valence-corrected chi connectivity index (χ2v) is 5.80. The summed E-state index contributed by atoms with van der Waals surface area (Å²) in [6.45, 7) is -0.0971. The largest absolute Gasteiger partial charge is 0.496 e. The Morgan fingerprint density at radius 3 is 2.30 bits per heavy atom. The molecule has 9 heteroatoms. The molecule has 0 saturated carbocycles. The maximum Gasteiger partial charge on any atom is 0.355 e. The van der Waals surface area contributed by atoms with Gasteiger partial charge in [-0.05, 0) is 18.2 Å². The molecule has 0 aliphatic carbocycles. The van der Waals surface area contributed by atoms with Crippen molar-refractivity contribution in [3.63, 3.8) is 0 Å². The zero-order valence-electron chi connectivity index (χ0n) is 15.9. The van der Waals surface area contributed by atoms with Crippen LogP contribution in [0.1, 0.15) is 10.4 Å². The summed E-state index contributed by atoms with van der Waals surface area (Å²) in [6.07, 6.45) is 0. The van der Waals surface area contributed by atoms with E-state index in [0.29, 0.717) is 17.0 Å². The van der Waals surface area contributed by atoms with Gasteiger partial charge in [-0.2, -0.15) is 0 Å². The summed E-state index contributed by atoms with van der Waals surface area (Å²) in [4.78, 5) is 39.7. The minimum Gasteiger partial charge on any atom is -0.496 e. The van der Waals surface area contributed by atoms with Crippen molar-refractivity contribution < 1.29 is 33.3 Å². The number of esters is 2. The molecule has 0 unspecified atom stereocenters. The summed E-state index contributed by atoms with van der Waals surface area (Å²) in [5.41, 5.74) is 0.799. The summed E-state index contributed by atoms with van der Waals surface area (Å²) in [7, 11) is 7.12. The minimum atomic E-state index is -0.713. The second-order valence-electron chi connectivity index (χ2n) is 5.80. The van der Waals surface area contributed by atoms with Gasteiger partial charge < -0.3 is 28.7 Å². The number of rotatable bonds is 5. The molecule has 9 nitrogen and oxygen atoms in total. The first kappa shape index (κ1) is 20.2. The van der Waals surface area contributed by atoms with Gasteiger partial charge in [0, 0.05) is 19.8 Å². The maximum atomic E-state index is 12.5. The number of methoxy groups -OCH3 is 3. The molecule has 0 bridgehead atoms. The van der Waals surface area contributed by atoms with Crippen molar-refractivity contribution in [3.05, 3.63) is 35.0 Å². The number of carbonyl (C=O) groups is 3. The Bertz CT molecular complexity index is 786. The van der Waals surface area contributed by atoms with Crippen molar-refractivity contribution in [1.82, 2.24) is 4.90 Å². The summed E-state index contributed by atoms with van der Waals surface area (Å²) >= 11 is 0. The number of hydrogen-bond donors (Lipinski definition) is 0. The van der Waals surface area contributed by atoms with Crippen LogP contribution in [0.2, 0.25) is 0 Å². The fourth-order valence-corrected chi connectivity index (χ4v) is 2.62. The van der Waals surface area contributed by atoms with Gasteiger partial charge in [-0.3, -0.25) is 4.79 Å². The van der Waals surface area contributed by atoms with Gasteiger partial charge in [0.1, 0.15) is 18.2 Å². The van der Waals surface area contributed by atoms with E-state index in [2.05, 4.69) is 0 Å². The lowest BCUT2D eigenvalue weighted by Gasteiger charge is -2.31. The van der Waals surface area contributed by atoms with E-state index in [9.17, 15) is 14.4 Å². The summed E-state index contributed by atoms with van der Waals surface area (Å²) in [6, 6.07) is 4.82. The van der Waals surface area contributed by atoms with E-state index in [4.69, 9.17) is 18.9 Å². The van der Waals surface area contributed by atoms with Crippen LogP contribution in [0.3, 0.4) is 0 Å². The Balaban J connectivity index is 2.61. The Labute approximate surface area is 157 Å². The highest BCUT2D eigenvalue weighted by atomic mass is 16.5. The maximum absolute atomic E-state index is 12.5. The molecule has 0 spiro atoms. The van der Waals surface area contributed by atoms with Gasteiger partial charge in [-0.1, -0.05) is 0 Å². The van der Waals surface area contributed by atoms with Crippen LogP contribution in [0, 0.1) is 0 Å². The van der Waals surface area contributed by atoms with Crippen molar-refractivity contribution in [1.29, 1.82) is 0 Å². The summed E-state index contributed by atoms with van der Waals surface area (Å²) < 4.78 is 20.3. The molecule has 2 rings (SSSR count).